The van der Waals surface area contributed by atoms with Gasteiger partial charge in [0.05, 0.1) is 0 Å². The number of aliphatic hydroxyl groups excluding tert-OH is 1. The van der Waals surface area contributed by atoms with Gasteiger partial charge < -0.3 is 16.2 Å². The number of hydrogen-bond acceptors (Lipinski definition) is 3. The molecule has 0 saturated carbocycles. The summed E-state index contributed by atoms with van der Waals surface area (Å²) in [6.07, 6.45) is 2.64. The SMILES string of the molecule is CC(CO)CCCNC(=O)c1ccc(CCN)cc1. The van der Waals surface area contributed by atoms with E-state index in [2.05, 4.69) is 5.32 Å². The Morgan fingerprint density at radius 2 is 2.05 bits per heavy atom. The van der Waals surface area contributed by atoms with Crippen LogP contribution in [0.15, 0.2) is 24.3 Å². The molecule has 0 bridgehead atoms. The molecule has 0 aliphatic rings. The molecule has 1 amide bonds. The fourth-order valence-electron chi connectivity index (χ4n) is 1.84. The number of nitrogens with one attached hydrogen (secondary N) is 1. The lowest BCUT2D eigenvalue weighted by Gasteiger charge is -2.09. The van der Waals surface area contributed by atoms with Crippen molar-refractivity contribution in [3.8, 4) is 0 Å². The molecule has 1 rings (SSSR count). The molecule has 0 saturated heterocycles. The zero-order valence-corrected chi connectivity index (χ0v) is 11.6. The second-order valence-electron chi connectivity index (χ2n) is 4.92. The Morgan fingerprint density at radius 1 is 1.37 bits per heavy atom. The maximum atomic E-state index is 11.8. The predicted molar refractivity (Wildman–Crippen MR) is 77.0 cm³/mol. The molecule has 0 aliphatic carbocycles. The first-order chi connectivity index (χ1) is 9.17. The van der Waals surface area contributed by atoms with Gasteiger partial charge in [0.2, 0.25) is 0 Å². The monoisotopic (exact) mass is 264 g/mol. The van der Waals surface area contributed by atoms with E-state index in [-0.39, 0.29) is 12.5 Å². The van der Waals surface area contributed by atoms with Gasteiger partial charge in [0, 0.05) is 18.7 Å². The van der Waals surface area contributed by atoms with Crippen LogP contribution in [0, 0.1) is 5.92 Å². The van der Waals surface area contributed by atoms with Gasteiger partial charge in [-0.2, -0.15) is 0 Å². The summed E-state index contributed by atoms with van der Waals surface area (Å²) >= 11 is 0. The highest BCUT2D eigenvalue weighted by Gasteiger charge is 2.05. The second-order valence-corrected chi connectivity index (χ2v) is 4.92. The topological polar surface area (TPSA) is 75.3 Å². The third kappa shape index (κ3) is 5.85. The van der Waals surface area contributed by atoms with E-state index < -0.39 is 0 Å². The fraction of sp³-hybridized carbons (Fsp3) is 0.533. The third-order valence-electron chi connectivity index (χ3n) is 3.12. The zero-order valence-electron chi connectivity index (χ0n) is 11.6. The molecule has 0 spiro atoms. The van der Waals surface area contributed by atoms with Crippen molar-refractivity contribution >= 4 is 5.91 Å². The van der Waals surface area contributed by atoms with Gasteiger partial charge in [-0.1, -0.05) is 19.1 Å². The summed E-state index contributed by atoms with van der Waals surface area (Å²) in [5, 5.41) is 11.8. The zero-order chi connectivity index (χ0) is 14.1. The minimum Gasteiger partial charge on any atom is -0.396 e. The molecule has 0 aromatic heterocycles. The van der Waals surface area contributed by atoms with E-state index in [9.17, 15) is 4.79 Å². The smallest absolute Gasteiger partial charge is 0.251 e. The van der Waals surface area contributed by atoms with E-state index in [1.54, 1.807) is 0 Å². The molecule has 0 aliphatic heterocycles. The van der Waals surface area contributed by atoms with Gasteiger partial charge in [-0.05, 0) is 49.4 Å². The lowest BCUT2D eigenvalue weighted by molar-refractivity contribution is 0.0952. The van der Waals surface area contributed by atoms with Crippen LogP contribution in [-0.2, 0) is 6.42 Å². The molecular weight excluding hydrogens is 240 g/mol. The minimum absolute atomic E-state index is 0.0454. The van der Waals surface area contributed by atoms with E-state index >= 15 is 0 Å². The summed E-state index contributed by atoms with van der Waals surface area (Å²) in [6.45, 7) is 3.47. The molecule has 1 aromatic rings. The van der Waals surface area contributed by atoms with Gasteiger partial charge in [0.1, 0.15) is 0 Å². The van der Waals surface area contributed by atoms with E-state index in [0.717, 1.165) is 24.8 Å². The van der Waals surface area contributed by atoms with Crippen LogP contribution in [-0.4, -0.2) is 30.7 Å². The molecule has 0 radical (unpaired) electrons. The number of carbonyl (C=O) groups excluding carboxylic acids is 1. The van der Waals surface area contributed by atoms with Crippen LogP contribution in [0.1, 0.15) is 35.7 Å². The number of carbonyl (C=O) groups is 1. The van der Waals surface area contributed by atoms with Crippen molar-refractivity contribution in [3.63, 3.8) is 0 Å². The second kappa shape index (κ2) is 8.67. The summed E-state index contributed by atoms with van der Waals surface area (Å²) in [7, 11) is 0. The third-order valence-corrected chi connectivity index (χ3v) is 3.12. The van der Waals surface area contributed by atoms with E-state index in [1.807, 2.05) is 31.2 Å². The molecule has 106 valence electrons. The number of hydrogen-bond donors (Lipinski definition) is 3. The molecule has 4 heteroatoms. The van der Waals surface area contributed by atoms with Crippen molar-refractivity contribution in [2.45, 2.75) is 26.2 Å². The van der Waals surface area contributed by atoms with Gasteiger partial charge in [-0.3, -0.25) is 4.79 Å². The summed E-state index contributed by atoms with van der Waals surface area (Å²) < 4.78 is 0. The Hall–Kier alpha value is -1.39. The average Bonchev–Trinajstić information content (AvgIpc) is 2.44. The van der Waals surface area contributed by atoms with E-state index in [1.165, 1.54) is 0 Å². The van der Waals surface area contributed by atoms with Crippen molar-refractivity contribution < 1.29 is 9.90 Å². The Balaban J connectivity index is 2.33. The van der Waals surface area contributed by atoms with Gasteiger partial charge in [-0.25, -0.2) is 0 Å². The Bertz CT molecular complexity index is 376. The van der Waals surface area contributed by atoms with Crippen LogP contribution in [0.25, 0.3) is 0 Å². The normalized spacial score (nSPS) is 12.2. The molecule has 4 nitrogen and oxygen atoms in total. The first-order valence-corrected chi connectivity index (χ1v) is 6.85. The van der Waals surface area contributed by atoms with Crippen molar-refractivity contribution in [3.05, 3.63) is 35.4 Å². The van der Waals surface area contributed by atoms with Crippen LogP contribution in [0.2, 0.25) is 0 Å². The summed E-state index contributed by atoms with van der Waals surface area (Å²) in [5.74, 6) is 0.253. The number of amides is 1. The lowest BCUT2D eigenvalue weighted by atomic mass is 10.1. The number of nitrogens with two attached hydrogens (primary N) is 1. The van der Waals surface area contributed by atoms with Crippen LogP contribution >= 0.6 is 0 Å². The average molecular weight is 264 g/mol. The van der Waals surface area contributed by atoms with Gasteiger partial charge in [0.15, 0.2) is 0 Å². The molecular formula is C15H24N2O2. The number of rotatable bonds is 8. The molecule has 0 heterocycles. The highest BCUT2D eigenvalue weighted by atomic mass is 16.3. The Kier molecular flexibility index (Phi) is 7.15. The maximum Gasteiger partial charge on any atom is 0.251 e. The van der Waals surface area contributed by atoms with Gasteiger partial charge in [-0.15, -0.1) is 0 Å². The fourth-order valence-corrected chi connectivity index (χ4v) is 1.84. The molecule has 4 N–H and O–H groups in total. The number of benzene rings is 1. The predicted octanol–water partition coefficient (Wildman–Crippen LogP) is 1.33. The quantitative estimate of drug-likeness (QED) is 0.620. The highest BCUT2D eigenvalue weighted by Crippen LogP contribution is 2.06. The summed E-state index contributed by atoms with van der Waals surface area (Å²) in [5.41, 5.74) is 7.30. The molecule has 1 unspecified atom stereocenters. The van der Waals surface area contributed by atoms with E-state index in [0.29, 0.717) is 24.6 Å². The highest BCUT2D eigenvalue weighted by molar-refractivity contribution is 5.94. The van der Waals surface area contributed by atoms with E-state index in [4.69, 9.17) is 10.8 Å². The van der Waals surface area contributed by atoms with Gasteiger partial charge in [0.25, 0.3) is 5.91 Å². The van der Waals surface area contributed by atoms with Crippen molar-refractivity contribution in [1.29, 1.82) is 0 Å². The lowest BCUT2D eigenvalue weighted by Crippen LogP contribution is -2.24. The summed E-state index contributed by atoms with van der Waals surface area (Å²) in [4.78, 5) is 11.8. The molecule has 0 fully saturated rings. The summed E-state index contributed by atoms with van der Waals surface area (Å²) in [6, 6.07) is 7.54. The Labute approximate surface area is 115 Å². The number of aliphatic hydroxyl groups is 1. The van der Waals surface area contributed by atoms with Crippen LogP contribution in [0.5, 0.6) is 0 Å². The van der Waals surface area contributed by atoms with Crippen LogP contribution in [0.4, 0.5) is 0 Å². The minimum atomic E-state index is -0.0454. The Morgan fingerprint density at radius 3 is 2.63 bits per heavy atom. The van der Waals surface area contributed by atoms with Crippen LogP contribution < -0.4 is 11.1 Å². The van der Waals surface area contributed by atoms with Crippen LogP contribution in [0.3, 0.4) is 0 Å². The largest absolute Gasteiger partial charge is 0.396 e. The first-order valence-electron chi connectivity index (χ1n) is 6.85. The molecule has 1 aromatic carbocycles. The van der Waals surface area contributed by atoms with Crippen molar-refractivity contribution in [1.82, 2.24) is 5.32 Å². The standard InChI is InChI=1S/C15H24N2O2/c1-12(11-18)3-2-10-17-15(19)14-6-4-13(5-7-14)8-9-16/h4-7,12,18H,2-3,8-11,16H2,1H3,(H,17,19). The van der Waals surface area contributed by atoms with Crippen molar-refractivity contribution in [2.75, 3.05) is 19.7 Å². The van der Waals surface area contributed by atoms with Crippen molar-refractivity contribution in [2.24, 2.45) is 11.7 Å². The first kappa shape index (κ1) is 15.7. The molecule has 1 atom stereocenters. The maximum absolute atomic E-state index is 11.8. The molecule has 19 heavy (non-hydrogen) atoms. The van der Waals surface area contributed by atoms with Gasteiger partial charge >= 0.3 is 0 Å².